The molecule has 0 fully saturated rings. The van der Waals surface area contributed by atoms with E-state index in [1.165, 1.54) is 6.07 Å². The highest BCUT2D eigenvalue weighted by atomic mass is 31.2. The second-order valence-corrected chi connectivity index (χ2v) is 11.0. The third-order valence-electron chi connectivity index (χ3n) is 5.18. The van der Waals surface area contributed by atoms with Crippen molar-refractivity contribution in [2.45, 2.75) is 84.3 Å². The Morgan fingerprint density at radius 1 is 1.12 bits per heavy atom. The number of halogens is 2. The lowest BCUT2D eigenvalue weighted by Gasteiger charge is -2.26. The largest absolute Gasteiger partial charge is 0.431 e. The molecule has 0 saturated carbocycles. The fourth-order valence-electron chi connectivity index (χ4n) is 3.20. The van der Waals surface area contributed by atoms with Gasteiger partial charge in [0.1, 0.15) is 0 Å². The first kappa shape index (κ1) is 30.0. The molecule has 1 aromatic carbocycles. The Morgan fingerprint density at radius 2 is 1.71 bits per heavy atom. The van der Waals surface area contributed by atoms with E-state index in [2.05, 4.69) is 10.1 Å². The maximum atomic E-state index is 14.0. The highest BCUT2D eigenvalue weighted by Crippen LogP contribution is 2.50. The number of nitrogens with two attached hydrogens (primary N) is 1. The van der Waals surface area contributed by atoms with E-state index in [1.807, 2.05) is 0 Å². The number of hydrogen-bond donors (Lipinski definition) is 3. The van der Waals surface area contributed by atoms with E-state index < -0.39 is 50.0 Å². The van der Waals surface area contributed by atoms with Crippen molar-refractivity contribution in [2.75, 3.05) is 6.16 Å². The van der Waals surface area contributed by atoms with Crippen LogP contribution in [-0.4, -0.2) is 41.6 Å². The van der Waals surface area contributed by atoms with E-state index in [1.54, 1.807) is 45.9 Å². The number of ether oxygens (including phenoxy) is 2. The van der Waals surface area contributed by atoms with Gasteiger partial charge in [-0.25, -0.2) is 13.6 Å². The van der Waals surface area contributed by atoms with Crippen molar-refractivity contribution in [1.82, 2.24) is 5.32 Å². The Labute approximate surface area is 200 Å². The van der Waals surface area contributed by atoms with Gasteiger partial charge in [-0.15, -0.1) is 0 Å². The van der Waals surface area contributed by atoms with Crippen molar-refractivity contribution in [3.05, 3.63) is 35.4 Å². The maximum absolute atomic E-state index is 14.0. The number of esters is 1. The van der Waals surface area contributed by atoms with Crippen molar-refractivity contribution in [2.24, 2.45) is 11.7 Å². The number of nitrogens with one attached hydrogen (secondary N) is 1. The first-order valence-electron chi connectivity index (χ1n) is 11.5. The first-order valence-corrected chi connectivity index (χ1v) is 13.4. The van der Waals surface area contributed by atoms with Crippen molar-refractivity contribution in [3.63, 3.8) is 0 Å². The molecule has 0 aliphatic carbocycles. The summed E-state index contributed by atoms with van der Waals surface area (Å²) in [5, 5.41) is 2.41. The highest BCUT2D eigenvalue weighted by Gasteiger charge is 2.37. The van der Waals surface area contributed by atoms with Crippen LogP contribution >= 0.6 is 7.37 Å². The molecule has 5 atom stereocenters. The zero-order chi connectivity index (χ0) is 25.9. The Bertz CT molecular complexity index is 841. The molecule has 0 aliphatic rings. The van der Waals surface area contributed by atoms with Crippen molar-refractivity contribution in [3.8, 4) is 0 Å². The number of carbonyl (C=O) groups excluding carboxylic acids is 2. The number of rotatable bonds is 14. The summed E-state index contributed by atoms with van der Waals surface area (Å²) in [7, 11) is -4.02. The van der Waals surface area contributed by atoms with Gasteiger partial charge in [0.15, 0.2) is 0 Å². The summed E-state index contributed by atoms with van der Waals surface area (Å²) in [5.41, 5.74) is 6.73. The zero-order valence-corrected chi connectivity index (χ0v) is 21.1. The third kappa shape index (κ3) is 10.1. The third-order valence-corrected chi connectivity index (χ3v) is 7.59. The van der Waals surface area contributed by atoms with Crippen molar-refractivity contribution >= 4 is 19.4 Å². The van der Waals surface area contributed by atoms with Crippen LogP contribution in [0.5, 0.6) is 0 Å². The molecular weight excluding hydrogens is 469 g/mol. The van der Waals surface area contributed by atoms with Gasteiger partial charge < -0.3 is 25.4 Å². The average Bonchev–Trinajstić information content (AvgIpc) is 2.75. The van der Waals surface area contributed by atoms with Crippen LogP contribution in [0.1, 0.15) is 70.4 Å². The fraction of sp³-hybridized carbons (Fsp3) is 0.652. The van der Waals surface area contributed by atoms with Crippen LogP contribution in [0.4, 0.5) is 13.6 Å². The minimum absolute atomic E-state index is 0.000418. The molecule has 194 valence electrons. The lowest BCUT2D eigenvalue weighted by atomic mass is 9.99. The number of hydrogen-bond acceptors (Lipinski definition) is 6. The van der Waals surface area contributed by atoms with E-state index in [0.717, 1.165) is 0 Å². The zero-order valence-electron chi connectivity index (χ0n) is 20.2. The molecule has 1 aromatic rings. The summed E-state index contributed by atoms with van der Waals surface area (Å²) >= 11 is 0. The van der Waals surface area contributed by atoms with Crippen molar-refractivity contribution in [1.29, 1.82) is 0 Å². The Kier molecular flexibility index (Phi) is 12.7. The molecule has 5 unspecified atom stereocenters. The van der Waals surface area contributed by atoms with Crippen LogP contribution in [0.2, 0.25) is 0 Å². The van der Waals surface area contributed by atoms with E-state index in [-0.39, 0.29) is 25.3 Å². The van der Waals surface area contributed by atoms with Crippen LogP contribution in [0.25, 0.3) is 0 Å². The summed E-state index contributed by atoms with van der Waals surface area (Å²) in [5.74, 6) is -3.62. The number of amides is 1. The summed E-state index contributed by atoms with van der Waals surface area (Å²) < 4.78 is 49.9. The van der Waals surface area contributed by atoms with Crippen molar-refractivity contribution < 1.29 is 37.3 Å². The topological polar surface area (TPSA) is 128 Å². The standard InChI is InChI=1S/C23H37F2N2O6P/c1-5-8-19(24)32-22(28)18(14-34(30,31)21(26)15(3)4)17-11-7-10-16(12-17)13-27-23(29)33-20(25)9-6-2/h7,10-12,15,18-21H,5-6,8-9,13-14,26H2,1-4H3,(H,27,29)(H,30,31). The molecule has 1 rings (SSSR count). The molecule has 0 spiro atoms. The average molecular weight is 507 g/mol. The van der Waals surface area contributed by atoms with Crippen LogP contribution in [-0.2, 0) is 25.4 Å². The first-order chi connectivity index (χ1) is 15.9. The maximum Gasteiger partial charge on any atom is 0.409 e. The Balaban J connectivity index is 3.08. The number of alkyl carbamates (subject to hydrolysis) is 1. The smallest absolute Gasteiger partial charge is 0.409 e. The Hall–Kier alpha value is -2.03. The van der Waals surface area contributed by atoms with Gasteiger partial charge >= 0.3 is 12.1 Å². The lowest BCUT2D eigenvalue weighted by Crippen LogP contribution is -2.31. The number of benzene rings is 1. The van der Waals surface area contributed by atoms with Gasteiger partial charge in [0.25, 0.3) is 0 Å². The molecule has 11 heteroatoms. The number of carbonyl (C=O) groups is 2. The molecule has 34 heavy (non-hydrogen) atoms. The van der Waals surface area contributed by atoms with E-state index in [4.69, 9.17) is 10.5 Å². The minimum Gasteiger partial charge on any atom is -0.431 e. The number of alkyl halides is 2. The van der Waals surface area contributed by atoms with Gasteiger partial charge in [-0.05, 0) is 29.9 Å². The SMILES string of the molecule is CCCC(F)OC(=O)NCc1cccc(C(CP(=O)(O)C(N)C(C)C)C(=O)OC(F)CCC)c1. The summed E-state index contributed by atoms with van der Waals surface area (Å²) in [6.07, 6.45) is -3.97. The van der Waals surface area contributed by atoms with Gasteiger partial charge in [-0.2, -0.15) is 0 Å². The quantitative estimate of drug-likeness (QED) is 0.241. The predicted octanol–water partition coefficient (Wildman–Crippen LogP) is 4.94. The second-order valence-electron chi connectivity index (χ2n) is 8.56. The lowest BCUT2D eigenvalue weighted by molar-refractivity contribution is -0.159. The van der Waals surface area contributed by atoms with Gasteiger partial charge in [0.05, 0.1) is 11.7 Å². The minimum atomic E-state index is -4.02. The predicted molar refractivity (Wildman–Crippen MR) is 126 cm³/mol. The van der Waals surface area contributed by atoms with Gasteiger partial charge in [0, 0.05) is 25.5 Å². The monoisotopic (exact) mass is 506 g/mol. The van der Waals surface area contributed by atoms with E-state index in [0.29, 0.717) is 24.0 Å². The van der Waals surface area contributed by atoms with Crippen LogP contribution in [0, 0.1) is 5.92 Å². The van der Waals surface area contributed by atoms with Gasteiger partial charge in [0.2, 0.25) is 20.1 Å². The normalized spacial score (nSPS) is 16.7. The molecule has 0 aliphatic heterocycles. The molecule has 1 amide bonds. The fourth-order valence-corrected chi connectivity index (χ4v) is 5.26. The molecule has 0 saturated heterocycles. The van der Waals surface area contributed by atoms with Crippen LogP contribution in [0.3, 0.4) is 0 Å². The Morgan fingerprint density at radius 3 is 2.26 bits per heavy atom. The molecule has 0 bridgehead atoms. The molecule has 0 aromatic heterocycles. The summed E-state index contributed by atoms with van der Waals surface area (Å²) in [6.45, 7) is 6.82. The summed E-state index contributed by atoms with van der Waals surface area (Å²) in [6, 6.07) is 6.29. The van der Waals surface area contributed by atoms with E-state index in [9.17, 15) is 27.8 Å². The highest BCUT2D eigenvalue weighted by molar-refractivity contribution is 7.58. The second kappa shape index (κ2) is 14.4. The molecule has 0 heterocycles. The molecular formula is C23H37F2N2O6P. The van der Waals surface area contributed by atoms with Gasteiger partial charge in [-0.3, -0.25) is 9.36 Å². The van der Waals surface area contributed by atoms with Crippen LogP contribution in [0.15, 0.2) is 24.3 Å². The van der Waals surface area contributed by atoms with Gasteiger partial charge in [-0.1, -0.05) is 52.0 Å². The summed E-state index contributed by atoms with van der Waals surface area (Å²) in [4.78, 5) is 35.1. The molecule has 8 nitrogen and oxygen atoms in total. The van der Waals surface area contributed by atoms with Crippen LogP contribution < -0.4 is 11.1 Å². The molecule has 4 N–H and O–H groups in total. The van der Waals surface area contributed by atoms with E-state index >= 15 is 0 Å². The molecule has 0 radical (unpaired) electrons.